The number of benzene rings is 3. The fraction of sp³-hybridized carbons (Fsp3) is 0.0800. The molecule has 4 aromatic rings. The van der Waals surface area contributed by atoms with E-state index in [9.17, 15) is 9.59 Å². The lowest BCUT2D eigenvalue weighted by atomic mass is 10.0. The van der Waals surface area contributed by atoms with E-state index in [0.29, 0.717) is 17.3 Å². The van der Waals surface area contributed by atoms with Gasteiger partial charge in [-0.1, -0.05) is 54.1 Å². The summed E-state index contributed by atoms with van der Waals surface area (Å²) in [6, 6.07) is 21.9. The molecule has 0 bridgehead atoms. The summed E-state index contributed by atoms with van der Waals surface area (Å²) in [5, 5.41) is 6.66. The Labute approximate surface area is 189 Å². The van der Waals surface area contributed by atoms with Crippen molar-refractivity contribution >= 4 is 34.5 Å². The van der Waals surface area contributed by atoms with Crippen LogP contribution in [0.5, 0.6) is 5.75 Å². The molecule has 0 saturated carbocycles. The molecule has 160 valence electrons. The standard InChI is InChI=1S/C25H20ClN3O3/c1-32-23-13-10-18-5-2-3-6-20(18)22(23)15-27-28-24(30)21-7-4-14-29(25(21)31)16-17-8-11-19(26)12-9-17/h2-15H,16H2,1H3,(H,28,30)/b27-15-. The number of halogens is 1. The molecule has 0 atom stereocenters. The third-order valence-electron chi connectivity index (χ3n) is 5.04. The largest absolute Gasteiger partial charge is 0.496 e. The van der Waals surface area contributed by atoms with E-state index < -0.39 is 11.5 Å². The minimum absolute atomic E-state index is 0.00324. The van der Waals surface area contributed by atoms with Gasteiger partial charge in [0.15, 0.2) is 0 Å². The first kappa shape index (κ1) is 21.3. The van der Waals surface area contributed by atoms with Crippen LogP contribution < -0.4 is 15.7 Å². The Hall–Kier alpha value is -3.90. The van der Waals surface area contributed by atoms with Crippen LogP contribution in [0.1, 0.15) is 21.5 Å². The maximum Gasteiger partial charge on any atom is 0.276 e. The van der Waals surface area contributed by atoms with Gasteiger partial charge in [0.1, 0.15) is 11.3 Å². The summed E-state index contributed by atoms with van der Waals surface area (Å²) in [5.41, 5.74) is 3.68. The topological polar surface area (TPSA) is 72.7 Å². The summed E-state index contributed by atoms with van der Waals surface area (Å²) >= 11 is 5.91. The van der Waals surface area contributed by atoms with Gasteiger partial charge < -0.3 is 9.30 Å². The van der Waals surface area contributed by atoms with Crippen LogP contribution in [0.3, 0.4) is 0 Å². The van der Waals surface area contributed by atoms with E-state index >= 15 is 0 Å². The Morgan fingerprint density at radius 2 is 1.84 bits per heavy atom. The van der Waals surface area contributed by atoms with Crippen molar-refractivity contribution in [2.45, 2.75) is 6.54 Å². The molecule has 3 aromatic carbocycles. The predicted octanol–water partition coefficient (Wildman–Crippen LogP) is 4.48. The van der Waals surface area contributed by atoms with Gasteiger partial charge >= 0.3 is 0 Å². The number of rotatable bonds is 6. The van der Waals surface area contributed by atoms with Gasteiger partial charge in [0.25, 0.3) is 11.5 Å². The SMILES string of the molecule is COc1ccc2ccccc2c1/C=N\NC(=O)c1cccn(Cc2ccc(Cl)cc2)c1=O. The molecule has 0 radical (unpaired) electrons. The molecule has 1 amide bonds. The molecular weight excluding hydrogens is 426 g/mol. The van der Waals surface area contributed by atoms with Crippen molar-refractivity contribution in [1.82, 2.24) is 9.99 Å². The summed E-state index contributed by atoms with van der Waals surface area (Å²) in [6.45, 7) is 0.327. The summed E-state index contributed by atoms with van der Waals surface area (Å²) in [7, 11) is 1.58. The minimum Gasteiger partial charge on any atom is -0.496 e. The zero-order chi connectivity index (χ0) is 22.5. The Kier molecular flexibility index (Phi) is 6.33. The van der Waals surface area contributed by atoms with E-state index in [1.807, 2.05) is 48.5 Å². The number of nitrogens with one attached hydrogen (secondary N) is 1. The number of hydrogen-bond acceptors (Lipinski definition) is 4. The maximum absolute atomic E-state index is 12.8. The first-order valence-corrected chi connectivity index (χ1v) is 10.3. The van der Waals surface area contributed by atoms with Crippen LogP contribution in [0.15, 0.2) is 88.9 Å². The number of nitrogens with zero attached hydrogens (tertiary/aromatic N) is 2. The highest BCUT2D eigenvalue weighted by Gasteiger charge is 2.12. The maximum atomic E-state index is 12.8. The smallest absolute Gasteiger partial charge is 0.276 e. The van der Waals surface area contributed by atoms with Crippen molar-refractivity contribution < 1.29 is 9.53 Å². The van der Waals surface area contributed by atoms with Crippen molar-refractivity contribution in [3.63, 3.8) is 0 Å². The number of hydrazone groups is 1. The molecule has 0 aliphatic rings. The Morgan fingerprint density at radius 1 is 1.06 bits per heavy atom. The third kappa shape index (κ3) is 4.55. The molecule has 1 N–H and O–H groups in total. The first-order valence-electron chi connectivity index (χ1n) is 9.90. The van der Waals surface area contributed by atoms with E-state index in [-0.39, 0.29) is 5.56 Å². The molecule has 0 spiro atoms. The summed E-state index contributed by atoms with van der Waals surface area (Å²) in [4.78, 5) is 25.4. The van der Waals surface area contributed by atoms with Crippen LogP contribution in [0, 0.1) is 0 Å². The second-order valence-corrected chi connectivity index (χ2v) is 7.52. The Balaban J connectivity index is 1.55. The average Bonchev–Trinajstić information content (AvgIpc) is 2.81. The van der Waals surface area contributed by atoms with E-state index in [2.05, 4.69) is 10.5 Å². The normalized spacial score (nSPS) is 11.1. The van der Waals surface area contributed by atoms with Crippen LogP contribution in [-0.2, 0) is 6.54 Å². The van der Waals surface area contributed by atoms with Crippen LogP contribution >= 0.6 is 11.6 Å². The fourth-order valence-corrected chi connectivity index (χ4v) is 3.55. The van der Waals surface area contributed by atoms with Crippen LogP contribution in [0.2, 0.25) is 5.02 Å². The Morgan fingerprint density at radius 3 is 2.62 bits per heavy atom. The van der Waals surface area contributed by atoms with Crippen molar-refractivity contribution in [1.29, 1.82) is 0 Å². The zero-order valence-corrected chi connectivity index (χ0v) is 18.0. The number of amides is 1. The number of aromatic nitrogens is 1. The van der Waals surface area contributed by atoms with Gasteiger partial charge in [-0.15, -0.1) is 0 Å². The molecule has 6 nitrogen and oxygen atoms in total. The molecule has 4 rings (SSSR count). The fourth-order valence-electron chi connectivity index (χ4n) is 3.42. The van der Waals surface area contributed by atoms with E-state index in [1.54, 1.807) is 31.5 Å². The van der Waals surface area contributed by atoms with Crippen LogP contribution in [0.25, 0.3) is 10.8 Å². The second-order valence-electron chi connectivity index (χ2n) is 7.08. The number of methoxy groups -OCH3 is 1. The number of carbonyl (C=O) groups excluding carboxylic acids is 1. The number of fused-ring (bicyclic) bond motifs is 1. The van der Waals surface area contributed by atoms with E-state index in [0.717, 1.165) is 21.9 Å². The quantitative estimate of drug-likeness (QED) is 0.351. The molecule has 0 fully saturated rings. The molecule has 0 aliphatic carbocycles. The number of pyridine rings is 1. The summed E-state index contributed by atoms with van der Waals surface area (Å²) in [5.74, 6) is 0.0441. The molecule has 1 heterocycles. The van der Waals surface area contributed by atoms with Gasteiger partial charge in [-0.25, -0.2) is 5.43 Å². The molecule has 0 unspecified atom stereocenters. The number of ether oxygens (including phenoxy) is 1. The van der Waals surface area contributed by atoms with Gasteiger partial charge in [-0.05, 0) is 46.7 Å². The van der Waals surface area contributed by atoms with Crippen LogP contribution in [0.4, 0.5) is 0 Å². The third-order valence-corrected chi connectivity index (χ3v) is 5.29. The second kappa shape index (κ2) is 9.49. The van der Waals surface area contributed by atoms with Gasteiger partial charge in [0, 0.05) is 16.8 Å². The van der Waals surface area contributed by atoms with Crippen molar-refractivity contribution in [2.75, 3.05) is 7.11 Å². The lowest BCUT2D eigenvalue weighted by Gasteiger charge is -2.09. The average molecular weight is 446 g/mol. The van der Waals surface area contributed by atoms with Gasteiger partial charge in [0.05, 0.1) is 19.9 Å². The number of carbonyl (C=O) groups is 1. The Bertz CT molecular complexity index is 1360. The lowest BCUT2D eigenvalue weighted by molar-refractivity contribution is 0.0953. The van der Waals surface area contributed by atoms with E-state index in [4.69, 9.17) is 16.3 Å². The predicted molar refractivity (Wildman–Crippen MR) is 127 cm³/mol. The molecular formula is C25H20ClN3O3. The van der Waals surface area contributed by atoms with Crippen molar-refractivity contribution in [2.24, 2.45) is 5.10 Å². The monoisotopic (exact) mass is 445 g/mol. The molecule has 0 saturated heterocycles. The first-order chi connectivity index (χ1) is 15.6. The van der Waals surface area contributed by atoms with Crippen molar-refractivity contribution in [3.8, 4) is 5.75 Å². The minimum atomic E-state index is -0.587. The van der Waals surface area contributed by atoms with Gasteiger partial charge in [0.2, 0.25) is 0 Å². The number of hydrogen-bond donors (Lipinski definition) is 1. The lowest BCUT2D eigenvalue weighted by Crippen LogP contribution is -2.30. The van der Waals surface area contributed by atoms with Crippen LogP contribution in [-0.4, -0.2) is 23.8 Å². The summed E-state index contributed by atoms with van der Waals surface area (Å²) in [6.07, 6.45) is 3.16. The molecule has 0 aliphatic heterocycles. The zero-order valence-electron chi connectivity index (χ0n) is 17.3. The highest BCUT2D eigenvalue weighted by atomic mass is 35.5. The molecule has 7 heteroatoms. The van der Waals surface area contributed by atoms with Gasteiger partial charge in [-0.2, -0.15) is 5.10 Å². The van der Waals surface area contributed by atoms with Gasteiger partial charge in [-0.3, -0.25) is 9.59 Å². The highest BCUT2D eigenvalue weighted by molar-refractivity contribution is 6.30. The van der Waals surface area contributed by atoms with Crippen molar-refractivity contribution in [3.05, 3.63) is 111 Å². The highest BCUT2D eigenvalue weighted by Crippen LogP contribution is 2.26. The van der Waals surface area contributed by atoms with E-state index in [1.165, 1.54) is 16.8 Å². The summed E-state index contributed by atoms with van der Waals surface area (Å²) < 4.78 is 6.90. The molecule has 32 heavy (non-hydrogen) atoms. The molecule has 1 aromatic heterocycles.